The van der Waals surface area contributed by atoms with Gasteiger partial charge in [0.2, 0.25) is 0 Å². The van der Waals surface area contributed by atoms with E-state index >= 15 is 0 Å². The molecule has 0 amide bonds. The van der Waals surface area contributed by atoms with Crippen molar-refractivity contribution in [1.82, 2.24) is 9.97 Å². The lowest BCUT2D eigenvalue weighted by Crippen LogP contribution is -1.99. The average molecular weight is 249 g/mol. The molecule has 0 spiro atoms. The predicted molar refractivity (Wildman–Crippen MR) is 68.3 cm³/mol. The van der Waals surface area contributed by atoms with Crippen molar-refractivity contribution in [1.29, 1.82) is 0 Å². The maximum atomic E-state index is 9.24. The van der Waals surface area contributed by atoms with Crippen molar-refractivity contribution < 1.29 is 5.11 Å². The first kappa shape index (κ1) is 11.9. The average Bonchev–Trinajstić information content (AvgIpc) is 2.33. The molecule has 3 nitrogen and oxygen atoms in total. The Morgan fingerprint density at radius 1 is 1.18 bits per heavy atom. The van der Waals surface area contributed by atoms with Gasteiger partial charge in [-0.1, -0.05) is 18.5 Å². The van der Waals surface area contributed by atoms with Crippen LogP contribution in [0, 0.1) is 6.92 Å². The third-order valence-electron chi connectivity index (χ3n) is 2.65. The highest BCUT2D eigenvalue weighted by atomic mass is 35.5. The van der Waals surface area contributed by atoms with E-state index in [1.165, 1.54) is 0 Å². The third-order valence-corrected chi connectivity index (χ3v) is 3.02. The van der Waals surface area contributed by atoms with Crippen molar-refractivity contribution in [2.45, 2.75) is 20.3 Å². The summed E-state index contributed by atoms with van der Waals surface area (Å²) in [5.41, 5.74) is 2.73. The summed E-state index contributed by atoms with van der Waals surface area (Å²) in [7, 11) is 0. The number of benzene rings is 1. The molecular formula is C13H13ClN2O. The summed E-state index contributed by atoms with van der Waals surface area (Å²) in [6.45, 7) is 3.95. The van der Waals surface area contributed by atoms with Gasteiger partial charge in [-0.05, 0) is 37.6 Å². The number of halogens is 1. The topological polar surface area (TPSA) is 46.0 Å². The van der Waals surface area contributed by atoms with E-state index in [4.69, 9.17) is 11.6 Å². The number of rotatable bonds is 2. The molecule has 0 saturated carbocycles. The minimum Gasteiger partial charge on any atom is -0.508 e. The van der Waals surface area contributed by atoms with Gasteiger partial charge < -0.3 is 5.11 Å². The number of phenols is 1. The van der Waals surface area contributed by atoms with E-state index in [-0.39, 0.29) is 5.75 Å². The van der Waals surface area contributed by atoms with Crippen LogP contribution < -0.4 is 0 Å². The van der Waals surface area contributed by atoms with Gasteiger partial charge in [0.1, 0.15) is 10.9 Å². The summed E-state index contributed by atoms with van der Waals surface area (Å²) < 4.78 is 0. The molecule has 2 aromatic rings. The molecule has 0 unspecified atom stereocenters. The number of nitrogens with zero attached hydrogens (tertiary/aromatic N) is 2. The Labute approximate surface area is 105 Å². The van der Waals surface area contributed by atoms with Crippen LogP contribution in [0.1, 0.15) is 18.2 Å². The summed E-state index contributed by atoms with van der Waals surface area (Å²) in [4.78, 5) is 8.73. The van der Waals surface area contributed by atoms with Crippen LogP contribution >= 0.6 is 11.6 Å². The lowest BCUT2D eigenvalue weighted by Gasteiger charge is -2.07. The predicted octanol–water partition coefficient (Wildman–Crippen LogP) is 3.37. The number of aromatic nitrogens is 2. The molecule has 0 atom stereocenters. The van der Waals surface area contributed by atoms with E-state index in [2.05, 4.69) is 9.97 Å². The van der Waals surface area contributed by atoms with Crippen molar-refractivity contribution in [2.24, 2.45) is 0 Å². The highest BCUT2D eigenvalue weighted by Gasteiger charge is 2.09. The van der Waals surface area contributed by atoms with E-state index in [9.17, 15) is 5.11 Å². The van der Waals surface area contributed by atoms with Crippen LogP contribution in [0.3, 0.4) is 0 Å². The third kappa shape index (κ3) is 2.39. The van der Waals surface area contributed by atoms with Gasteiger partial charge in [0.25, 0.3) is 0 Å². The number of hydrogen-bond acceptors (Lipinski definition) is 3. The van der Waals surface area contributed by atoms with E-state index in [1.54, 1.807) is 24.3 Å². The lowest BCUT2D eigenvalue weighted by atomic mass is 10.1. The van der Waals surface area contributed by atoms with Crippen molar-refractivity contribution in [3.63, 3.8) is 0 Å². The molecule has 0 saturated heterocycles. The Balaban J connectivity index is 2.52. The maximum Gasteiger partial charge on any atom is 0.161 e. The molecule has 0 aliphatic carbocycles. The standard InChI is InChI=1S/C13H13ClN2O/c1-3-11-8(2)12(14)16-13(15-11)9-4-6-10(17)7-5-9/h4-7,17H,3H2,1-2H3. The largest absolute Gasteiger partial charge is 0.508 e. The lowest BCUT2D eigenvalue weighted by molar-refractivity contribution is 0.475. The monoisotopic (exact) mass is 248 g/mol. The number of aryl methyl sites for hydroxylation is 1. The van der Waals surface area contributed by atoms with Crippen molar-refractivity contribution in [3.05, 3.63) is 40.7 Å². The van der Waals surface area contributed by atoms with Crippen LogP contribution in [0.2, 0.25) is 5.15 Å². The van der Waals surface area contributed by atoms with Gasteiger partial charge in [-0.15, -0.1) is 0 Å². The zero-order valence-electron chi connectivity index (χ0n) is 9.74. The smallest absolute Gasteiger partial charge is 0.161 e. The van der Waals surface area contributed by atoms with Crippen LogP contribution in [0.15, 0.2) is 24.3 Å². The van der Waals surface area contributed by atoms with E-state index in [1.807, 2.05) is 13.8 Å². The molecule has 17 heavy (non-hydrogen) atoms. The molecule has 88 valence electrons. The quantitative estimate of drug-likeness (QED) is 0.829. The number of phenolic OH excluding ortho intramolecular Hbond substituents is 1. The van der Waals surface area contributed by atoms with Crippen LogP contribution in [0.5, 0.6) is 5.75 Å². The summed E-state index contributed by atoms with van der Waals surface area (Å²) in [5, 5.41) is 9.72. The number of hydrogen-bond donors (Lipinski definition) is 1. The molecule has 0 aliphatic rings. The molecule has 0 aliphatic heterocycles. The Morgan fingerprint density at radius 2 is 1.82 bits per heavy atom. The molecule has 2 rings (SSSR count). The molecule has 1 N–H and O–H groups in total. The van der Waals surface area contributed by atoms with Gasteiger partial charge in [-0.2, -0.15) is 0 Å². The first-order valence-electron chi connectivity index (χ1n) is 5.44. The summed E-state index contributed by atoms with van der Waals surface area (Å²) in [5.74, 6) is 0.820. The van der Waals surface area contributed by atoms with Crippen LogP contribution in [0.4, 0.5) is 0 Å². The Morgan fingerprint density at radius 3 is 2.41 bits per heavy atom. The Bertz CT molecular complexity index is 538. The molecule has 1 aromatic heterocycles. The summed E-state index contributed by atoms with van der Waals surface area (Å²) >= 11 is 6.08. The first-order chi connectivity index (χ1) is 8.11. The minimum atomic E-state index is 0.225. The zero-order chi connectivity index (χ0) is 12.4. The van der Waals surface area contributed by atoms with E-state index < -0.39 is 0 Å². The van der Waals surface area contributed by atoms with Gasteiger partial charge >= 0.3 is 0 Å². The molecule has 1 aromatic carbocycles. The van der Waals surface area contributed by atoms with Gasteiger partial charge in [0.05, 0.1) is 0 Å². The van der Waals surface area contributed by atoms with Crippen molar-refractivity contribution in [3.8, 4) is 17.1 Å². The Kier molecular flexibility index (Phi) is 3.29. The van der Waals surface area contributed by atoms with E-state index in [0.29, 0.717) is 11.0 Å². The normalized spacial score (nSPS) is 10.5. The van der Waals surface area contributed by atoms with Gasteiger partial charge in [0.15, 0.2) is 5.82 Å². The second-order valence-electron chi connectivity index (χ2n) is 3.81. The van der Waals surface area contributed by atoms with Gasteiger partial charge in [-0.3, -0.25) is 0 Å². The highest BCUT2D eigenvalue weighted by Crippen LogP contribution is 2.23. The molecule has 0 bridgehead atoms. The van der Waals surface area contributed by atoms with Crippen molar-refractivity contribution in [2.75, 3.05) is 0 Å². The SMILES string of the molecule is CCc1nc(-c2ccc(O)cc2)nc(Cl)c1C. The molecule has 1 heterocycles. The molecule has 0 radical (unpaired) electrons. The second kappa shape index (κ2) is 4.72. The van der Waals surface area contributed by atoms with E-state index in [0.717, 1.165) is 23.2 Å². The van der Waals surface area contributed by atoms with Gasteiger partial charge in [0, 0.05) is 16.8 Å². The molecule has 0 fully saturated rings. The zero-order valence-corrected chi connectivity index (χ0v) is 10.5. The first-order valence-corrected chi connectivity index (χ1v) is 5.82. The van der Waals surface area contributed by atoms with Gasteiger partial charge in [-0.25, -0.2) is 9.97 Å². The fraction of sp³-hybridized carbons (Fsp3) is 0.231. The number of aromatic hydroxyl groups is 1. The van der Waals surface area contributed by atoms with Crippen molar-refractivity contribution >= 4 is 11.6 Å². The minimum absolute atomic E-state index is 0.225. The summed E-state index contributed by atoms with van der Waals surface area (Å²) in [6, 6.07) is 6.77. The maximum absolute atomic E-state index is 9.24. The van der Waals surface area contributed by atoms with Crippen LogP contribution in [-0.2, 0) is 6.42 Å². The second-order valence-corrected chi connectivity index (χ2v) is 4.17. The van der Waals surface area contributed by atoms with Crippen LogP contribution in [0.25, 0.3) is 11.4 Å². The fourth-order valence-corrected chi connectivity index (χ4v) is 1.81. The summed E-state index contributed by atoms with van der Waals surface area (Å²) in [6.07, 6.45) is 0.819. The molecule has 4 heteroatoms. The Hall–Kier alpha value is -1.61. The van der Waals surface area contributed by atoms with Crippen LogP contribution in [-0.4, -0.2) is 15.1 Å². The fourth-order valence-electron chi connectivity index (χ4n) is 1.62. The molecular weight excluding hydrogens is 236 g/mol. The highest BCUT2D eigenvalue weighted by molar-refractivity contribution is 6.30.